The van der Waals surface area contributed by atoms with Gasteiger partial charge in [-0.2, -0.15) is 0 Å². The number of carbonyl (C=O) groups excluding carboxylic acids is 2. The molecule has 0 spiro atoms. The smallest absolute Gasteiger partial charge is 0.333 e. The number of methoxy groups -OCH3 is 2. The SMILES string of the molecule is CO/C=C/C(=O)OC.O=Cc1ccc([N+](=O)[O-])cc1. The van der Waals surface area contributed by atoms with E-state index < -0.39 is 10.9 Å². The van der Waals surface area contributed by atoms with Crippen LogP contribution in [0.4, 0.5) is 5.69 Å². The average molecular weight is 267 g/mol. The summed E-state index contributed by atoms with van der Waals surface area (Å²) >= 11 is 0. The molecular weight excluding hydrogens is 254 g/mol. The van der Waals surface area contributed by atoms with E-state index in [-0.39, 0.29) is 5.69 Å². The molecule has 0 bridgehead atoms. The summed E-state index contributed by atoms with van der Waals surface area (Å²) in [6.45, 7) is 0. The van der Waals surface area contributed by atoms with Crippen LogP contribution in [0.15, 0.2) is 36.6 Å². The molecule has 0 N–H and O–H groups in total. The minimum Gasteiger partial charge on any atom is -0.504 e. The molecule has 0 aliphatic heterocycles. The summed E-state index contributed by atoms with van der Waals surface area (Å²) in [5, 5.41) is 10.1. The Morgan fingerprint density at radius 2 is 1.84 bits per heavy atom. The van der Waals surface area contributed by atoms with Crippen molar-refractivity contribution in [1.29, 1.82) is 0 Å². The fourth-order valence-corrected chi connectivity index (χ4v) is 0.866. The van der Waals surface area contributed by atoms with Crippen LogP contribution in [0.2, 0.25) is 0 Å². The number of hydrogen-bond donors (Lipinski definition) is 0. The highest BCUT2D eigenvalue weighted by Crippen LogP contribution is 2.09. The molecule has 0 unspecified atom stereocenters. The van der Waals surface area contributed by atoms with Gasteiger partial charge in [0.1, 0.15) is 6.29 Å². The zero-order valence-corrected chi connectivity index (χ0v) is 10.4. The maximum absolute atomic E-state index is 10.2. The van der Waals surface area contributed by atoms with Crippen molar-refractivity contribution in [2.75, 3.05) is 14.2 Å². The molecule has 7 nitrogen and oxygen atoms in total. The van der Waals surface area contributed by atoms with Gasteiger partial charge in [-0.05, 0) is 12.1 Å². The fourth-order valence-electron chi connectivity index (χ4n) is 0.866. The Kier molecular flexibility index (Phi) is 8.01. The molecule has 0 aliphatic rings. The van der Waals surface area contributed by atoms with Crippen LogP contribution in [0.25, 0.3) is 0 Å². The van der Waals surface area contributed by atoms with Crippen LogP contribution < -0.4 is 0 Å². The zero-order chi connectivity index (χ0) is 14.7. The van der Waals surface area contributed by atoms with E-state index in [2.05, 4.69) is 9.47 Å². The lowest BCUT2D eigenvalue weighted by Crippen LogP contribution is -1.93. The highest BCUT2D eigenvalue weighted by molar-refractivity contribution is 5.81. The van der Waals surface area contributed by atoms with E-state index in [1.165, 1.54) is 50.8 Å². The predicted molar refractivity (Wildman–Crippen MR) is 66.6 cm³/mol. The Morgan fingerprint density at radius 1 is 1.26 bits per heavy atom. The number of benzene rings is 1. The van der Waals surface area contributed by atoms with Gasteiger partial charge in [0, 0.05) is 17.7 Å². The largest absolute Gasteiger partial charge is 0.504 e. The summed E-state index contributed by atoms with van der Waals surface area (Å²) in [4.78, 5) is 29.9. The number of non-ortho nitro benzene ring substituents is 1. The molecule has 1 rings (SSSR count). The Labute approximate surface area is 109 Å². The van der Waals surface area contributed by atoms with Crippen LogP contribution in [-0.2, 0) is 14.3 Å². The van der Waals surface area contributed by atoms with Crippen molar-refractivity contribution < 1.29 is 24.0 Å². The van der Waals surface area contributed by atoms with E-state index in [1.807, 2.05) is 0 Å². The van der Waals surface area contributed by atoms with Crippen LogP contribution in [0, 0.1) is 10.1 Å². The summed E-state index contributed by atoms with van der Waals surface area (Å²) in [5.41, 5.74) is 0.436. The van der Waals surface area contributed by atoms with Crippen LogP contribution in [0.1, 0.15) is 10.4 Å². The molecule has 1 aromatic carbocycles. The lowest BCUT2D eigenvalue weighted by molar-refractivity contribution is -0.384. The molecule has 0 amide bonds. The molecule has 19 heavy (non-hydrogen) atoms. The van der Waals surface area contributed by atoms with Gasteiger partial charge < -0.3 is 9.47 Å². The number of nitro groups is 1. The van der Waals surface area contributed by atoms with Crippen molar-refractivity contribution in [2.45, 2.75) is 0 Å². The number of esters is 1. The van der Waals surface area contributed by atoms with Gasteiger partial charge in [-0.25, -0.2) is 4.79 Å². The van der Waals surface area contributed by atoms with Gasteiger partial charge >= 0.3 is 5.97 Å². The second-order valence-corrected chi connectivity index (χ2v) is 3.03. The first kappa shape index (κ1) is 16.3. The number of hydrogen-bond acceptors (Lipinski definition) is 6. The molecule has 0 radical (unpaired) electrons. The van der Waals surface area contributed by atoms with Gasteiger partial charge in [0.2, 0.25) is 0 Å². The molecule has 1 aromatic rings. The minimum atomic E-state index is -0.505. The van der Waals surface area contributed by atoms with E-state index in [4.69, 9.17) is 0 Å². The second kappa shape index (κ2) is 9.34. The first-order chi connectivity index (χ1) is 9.04. The number of ether oxygens (including phenoxy) is 2. The van der Waals surface area contributed by atoms with Gasteiger partial charge in [0.25, 0.3) is 5.69 Å². The molecular formula is C12H13NO6. The van der Waals surface area contributed by atoms with E-state index >= 15 is 0 Å². The predicted octanol–water partition coefficient (Wildman–Crippen LogP) is 1.73. The molecule has 0 atom stereocenters. The van der Waals surface area contributed by atoms with E-state index in [1.54, 1.807) is 0 Å². The first-order valence-electron chi connectivity index (χ1n) is 5.02. The van der Waals surface area contributed by atoms with Gasteiger partial charge in [0.15, 0.2) is 0 Å². The number of rotatable bonds is 4. The summed E-state index contributed by atoms with van der Waals surface area (Å²) in [6.07, 6.45) is 3.09. The van der Waals surface area contributed by atoms with Gasteiger partial charge in [-0.15, -0.1) is 0 Å². The highest BCUT2D eigenvalue weighted by atomic mass is 16.6. The van der Waals surface area contributed by atoms with Crippen molar-refractivity contribution in [1.82, 2.24) is 0 Å². The maximum atomic E-state index is 10.2. The lowest BCUT2D eigenvalue weighted by atomic mass is 10.2. The molecule has 0 saturated carbocycles. The minimum absolute atomic E-state index is 0.00407. The molecule has 0 aromatic heterocycles. The Hall–Kier alpha value is -2.70. The molecule has 102 valence electrons. The normalized spacial score (nSPS) is 9.16. The number of carbonyl (C=O) groups is 2. The summed E-state index contributed by atoms with van der Waals surface area (Å²) in [6, 6.07) is 5.41. The van der Waals surface area contributed by atoms with Gasteiger partial charge in [-0.3, -0.25) is 14.9 Å². The van der Waals surface area contributed by atoms with Crippen LogP contribution in [0.5, 0.6) is 0 Å². The molecule has 0 aliphatic carbocycles. The third-order valence-electron chi connectivity index (χ3n) is 1.78. The zero-order valence-electron chi connectivity index (χ0n) is 10.4. The first-order valence-corrected chi connectivity index (χ1v) is 5.02. The molecule has 0 heterocycles. The third kappa shape index (κ3) is 7.27. The monoisotopic (exact) mass is 267 g/mol. The Balaban J connectivity index is 0.000000362. The number of nitrogens with zero attached hydrogens (tertiary/aromatic N) is 1. The quantitative estimate of drug-likeness (QED) is 0.206. The van der Waals surface area contributed by atoms with Crippen molar-refractivity contribution in [3.8, 4) is 0 Å². The average Bonchev–Trinajstić information content (AvgIpc) is 2.45. The molecule has 0 fully saturated rings. The van der Waals surface area contributed by atoms with E-state index in [9.17, 15) is 19.7 Å². The van der Waals surface area contributed by atoms with Gasteiger partial charge in [0.05, 0.1) is 31.5 Å². The van der Waals surface area contributed by atoms with E-state index in [0.717, 1.165) is 0 Å². The van der Waals surface area contributed by atoms with E-state index in [0.29, 0.717) is 11.8 Å². The third-order valence-corrected chi connectivity index (χ3v) is 1.78. The lowest BCUT2D eigenvalue weighted by Gasteiger charge is -1.89. The Morgan fingerprint density at radius 3 is 2.21 bits per heavy atom. The van der Waals surface area contributed by atoms with Crippen molar-refractivity contribution in [3.05, 3.63) is 52.3 Å². The second-order valence-electron chi connectivity index (χ2n) is 3.03. The maximum Gasteiger partial charge on any atom is 0.333 e. The number of aldehydes is 1. The standard InChI is InChI=1S/C7H5NO3.C5H8O3/c9-5-6-1-3-7(4-2-6)8(10)11;1-7-4-3-5(6)8-2/h1-5H;3-4H,1-2H3/b;4-3+. The summed E-state index contributed by atoms with van der Waals surface area (Å²) < 4.78 is 8.68. The van der Waals surface area contributed by atoms with Crippen molar-refractivity contribution in [3.63, 3.8) is 0 Å². The molecule has 7 heteroatoms. The highest BCUT2D eigenvalue weighted by Gasteiger charge is 2.02. The number of nitro benzene ring substituents is 1. The molecule has 0 saturated heterocycles. The van der Waals surface area contributed by atoms with Crippen molar-refractivity contribution in [2.24, 2.45) is 0 Å². The summed E-state index contributed by atoms with van der Waals surface area (Å²) in [5.74, 6) is -0.410. The van der Waals surface area contributed by atoms with Crippen molar-refractivity contribution >= 4 is 17.9 Å². The van der Waals surface area contributed by atoms with Crippen LogP contribution in [0.3, 0.4) is 0 Å². The van der Waals surface area contributed by atoms with Crippen LogP contribution >= 0.6 is 0 Å². The fraction of sp³-hybridized carbons (Fsp3) is 0.167. The summed E-state index contributed by atoms with van der Waals surface area (Å²) in [7, 11) is 2.77. The van der Waals surface area contributed by atoms with Gasteiger partial charge in [-0.1, -0.05) is 0 Å². The Bertz CT molecular complexity index is 452. The van der Waals surface area contributed by atoms with Crippen LogP contribution in [-0.4, -0.2) is 31.4 Å². The topological polar surface area (TPSA) is 95.7 Å².